The smallest absolute Gasteiger partial charge is 0.154 e. The van der Waals surface area contributed by atoms with Crippen LogP contribution in [0.3, 0.4) is 0 Å². The van der Waals surface area contributed by atoms with E-state index in [1.807, 2.05) is 6.07 Å². The Hall–Kier alpha value is -0.500. The highest BCUT2D eigenvalue weighted by atomic mass is 127. The quantitative estimate of drug-likeness (QED) is 0.545. The van der Waals surface area contributed by atoms with E-state index in [2.05, 4.69) is 78.1 Å². The highest BCUT2D eigenvalue weighted by Gasteiger charge is 2.12. The highest BCUT2D eigenvalue weighted by Crippen LogP contribution is 2.35. The standard InChI is InChI=1S/C16H16I2O2/c1-9(2)12-8-11(4-5-15(12)19)20-16-13(17)6-10(3)7-14(16)18/h4-9,19H,1-3H3. The van der Waals surface area contributed by atoms with Gasteiger partial charge in [0.2, 0.25) is 0 Å². The van der Waals surface area contributed by atoms with Gasteiger partial charge in [0, 0.05) is 5.56 Å². The van der Waals surface area contributed by atoms with Crippen molar-refractivity contribution in [1.82, 2.24) is 0 Å². The Balaban J connectivity index is 2.38. The summed E-state index contributed by atoms with van der Waals surface area (Å²) in [5.74, 6) is 2.21. The van der Waals surface area contributed by atoms with Gasteiger partial charge in [-0.3, -0.25) is 0 Å². The first-order valence-electron chi connectivity index (χ1n) is 6.35. The number of hydrogen-bond acceptors (Lipinski definition) is 2. The molecule has 0 aromatic heterocycles. The number of benzene rings is 2. The van der Waals surface area contributed by atoms with Gasteiger partial charge in [-0.15, -0.1) is 0 Å². The lowest BCUT2D eigenvalue weighted by atomic mass is 10.0. The van der Waals surface area contributed by atoms with Gasteiger partial charge in [0.1, 0.15) is 11.5 Å². The Morgan fingerprint density at radius 1 is 1.05 bits per heavy atom. The van der Waals surface area contributed by atoms with E-state index in [1.54, 1.807) is 12.1 Å². The number of hydrogen-bond donors (Lipinski definition) is 1. The van der Waals surface area contributed by atoms with Crippen molar-refractivity contribution in [3.8, 4) is 17.2 Å². The highest BCUT2D eigenvalue weighted by molar-refractivity contribution is 14.1. The van der Waals surface area contributed by atoms with E-state index in [0.29, 0.717) is 5.75 Å². The van der Waals surface area contributed by atoms with Crippen LogP contribution in [0.15, 0.2) is 30.3 Å². The van der Waals surface area contributed by atoms with Crippen LogP contribution < -0.4 is 4.74 Å². The van der Waals surface area contributed by atoms with Crippen LogP contribution in [0.5, 0.6) is 17.2 Å². The zero-order valence-electron chi connectivity index (χ0n) is 11.6. The third kappa shape index (κ3) is 3.58. The van der Waals surface area contributed by atoms with Crippen molar-refractivity contribution in [2.45, 2.75) is 26.7 Å². The summed E-state index contributed by atoms with van der Waals surface area (Å²) in [5, 5.41) is 9.86. The number of aryl methyl sites for hydroxylation is 1. The minimum atomic E-state index is 0.259. The van der Waals surface area contributed by atoms with Crippen LogP contribution in [0.25, 0.3) is 0 Å². The molecule has 0 saturated carbocycles. The maximum absolute atomic E-state index is 9.86. The average Bonchev–Trinajstić information content (AvgIpc) is 2.35. The molecule has 2 rings (SSSR count). The predicted molar refractivity (Wildman–Crippen MR) is 98.9 cm³/mol. The first-order valence-corrected chi connectivity index (χ1v) is 8.50. The Labute approximate surface area is 146 Å². The summed E-state index contributed by atoms with van der Waals surface area (Å²) in [6, 6.07) is 9.60. The van der Waals surface area contributed by atoms with E-state index in [4.69, 9.17) is 4.74 Å². The molecule has 2 nitrogen and oxygen atoms in total. The molecule has 4 heteroatoms. The zero-order chi connectivity index (χ0) is 14.9. The van der Waals surface area contributed by atoms with Gasteiger partial charge in [0.05, 0.1) is 7.14 Å². The summed E-state index contributed by atoms with van der Waals surface area (Å²) in [6.07, 6.45) is 0. The SMILES string of the molecule is Cc1cc(I)c(Oc2ccc(O)c(C(C)C)c2)c(I)c1. The summed E-state index contributed by atoms with van der Waals surface area (Å²) in [5.41, 5.74) is 2.12. The Kier molecular flexibility index (Phi) is 5.17. The van der Waals surface area contributed by atoms with Crippen LogP contribution >= 0.6 is 45.2 Å². The first kappa shape index (κ1) is 15.9. The predicted octanol–water partition coefficient (Wildman–Crippen LogP) is 5.83. The van der Waals surface area contributed by atoms with Crippen molar-refractivity contribution in [3.05, 3.63) is 48.6 Å². The molecule has 0 aliphatic carbocycles. The fraction of sp³-hybridized carbons (Fsp3) is 0.250. The second-order valence-electron chi connectivity index (χ2n) is 5.04. The third-order valence-electron chi connectivity index (χ3n) is 2.98. The molecule has 0 fully saturated rings. The lowest BCUT2D eigenvalue weighted by Gasteiger charge is -2.14. The molecule has 0 amide bonds. The van der Waals surface area contributed by atoms with Crippen LogP contribution in [-0.2, 0) is 0 Å². The molecule has 2 aromatic rings. The van der Waals surface area contributed by atoms with Crippen LogP contribution in [0.4, 0.5) is 0 Å². The molecule has 0 atom stereocenters. The maximum atomic E-state index is 9.86. The topological polar surface area (TPSA) is 29.5 Å². The van der Waals surface area contributed by atoms with Crippen LogP contribution in [0.2, 0.25) is 0 Å². The molecular weight excluding hydrogens is 478 g/mol. The van der Waals surface area contributed by atoms with Gasteiger partial charge in [-0.1, -0.05) is 13.8 Å². The monoisotopic (exact) mass is 494 g/mol. The molecule has 0 unspecified atom stereocenters. The number of phenolic OH excluding ortho intramolecular Hbond substituents is 1. The molecule has 0 bridgehead atoms. The second kappa shape index (κ2) is 6.51. The molecule has 0 saturated heterocycles. The van der Waals surface area contributed by atoms with E-state index in [1.165, 1.54) is 5.56 Å². The molecule has 1 N–H and O–H groups in total. The number of halogens is 2. The Morgan fingerprint density at radius 2 is 1.65 bits per heavy atom. The molecule has 0 heterocycles. The largest absolute Gasteiger partial charge is 0.508 e. The van der Waals surface area contributed by atoms with Gasteiger partial charge < -0.3 is 9.84 Å². The fourth-order valence-corrected chi connectivity index (χ4v) is 4.26. The van der Waals surface area contributed by atoms with E-state index in [9.17, 15) is 5.11 Å². The van der Waals surface area contributed by atoms with Gasteiger partial charge in [-0.05, 0) is 93.9 Å². The Bertz CT molecular complexity index is 613. The zero-order valence-corrected chi connectivity index (χ0v) is 15.9. The molecule has 106 valence electrons. The van der Waals surface area contributed by atoms with Crippen molar-refractivity contribution in [1.29, 1.82) is 0 Å². The molecule has 0 aliphatic heterocycles. The lowest BCUT2D eigenvalue weighted by Crippen LogP contribution is -1.94. The molecule has 0 radical (unpaired) electrons. The van der Waals surface area contributed by atoms with Crippen molar-refractivity contribution >= 4 is 45.2 Å². The van der Waals surface area contributed by atoms with E-state index in [-0.39, 0.29) is 5.92 Å². The number of rotatable bonds is 3. The second-order valence-corrected chi connectivity index (χ2v) is 7.36. The average molecular weight is 494 g/mol. The van der Waals surface area contributed by atoms with E-state index < -0.39 is 0 Å². The summed E-state index contributed by atoms with van der Waals surface area (Å²) in [7, 11) is 0. The van der Waals surface area contributed by atoms with Crippen molar-refractivity contribution in [2.75, 3.05) is 0 Å². The number of aromatic hydroxyl groups is 1. The molecular formula is C16H16I2O2. The number of phenols is 1. The summed E-state index contributed by atoms with van der Waals surface area (Å²) in [6.45, 7) is 6.18. The molecule has 2 aromatic carbocycles. The summed E-state index contributed by atoms with van der Waals surface area (Å²) in [4.78, 5) is 0. The normalized spacial score (nSPS) is 10.9. The fourth-order valence-electron chi connectivity index (χ4n) is 1.96. The molecule has 0 aliphatic rings. The number of ether oxygens (including phenoxy) is 1. The Morgan fingerprint density at radius 3 is 2.20 bits per heavy atom. The van der Waals surface area contributed by atoms with Crippen LogP contribution in [0.1, 0.15) is 30.9 Å². The van der Waals surface area contributed by atoms with Gasteiger partial charge in [-0.25, -0.2) is 0 Å². The van der Waals surface area contributed by atoms with E-state index in [0.717, 1.165) is 24.2 Å². The third-order valence-corrected chi connectivity index (χ3v) is 4.59. The maximum Gasteiger partial charge on any atom is 0.154 e. The van der Waals surface area contributed by atoms with E-state index >= 15 is 0 Å². The first-order chi connectivity index (χ1) is 9.38. The lowest BCUT2D eigenvalue weighted by molar-refractivity contribution is 0.452. The van der Waals surface area contributed by atoms with Crippen LogP contribution in [0, 0.1) is 14.1 Å². The summed E-state index contributed by atoms with van der Waals surface area (Å²) >= 11 is 4.58. The van der Waals surface area contributed by atoms with Crippen molar-refractivity contribution in [2.24, 2.45) is 0 Å². The van der Waals surface area contributed by atoms with Gasteiger partial charge in [0.15, 0.2) is 5.75 Å². The minimum absolute atomic E-state index is 0.259. The van der Waals surface area contributed by atoms with Crippen LogP contribution in [-0.4, -0.2) is 5.11 Å². The summed E-state index contributed by atoms with van der Waals surface area (Å²) < 4.78 is 8.19. The van der Waals surface area contributed by atoms with Gasteiger partial charge >= 0.3 is 0 Å². The molecule has 20 heavy (non-hydrogen) atoms. The van der Waals surface area contributed by atoms with Crippen molar-refractivity contribution in [3.63, 3.8) is 0 Å². The van der Waals surface area contributed by atoms with Gasteiger partial charge in [0.25, 0.3) is 0 Å². The van der Waals surface area contributed by atoms with Gasteiger partial charge in [-0.2, -0.15) is 0 Å². The molecule has 0 spiro atoms. The van der Waals surface area contributed by atoms with Crippen molar-refractivity contribution < 1.29 is 9.84 Å². The minimum Gasteiger partial charge on any atom is -0.508 e.